The first-order chi connectivity index (χ1) is 15.4. The predicted molar refractivity (Wildman–Crippen MR) is 122 cm³/mol. The van der Waals surface area contributed by atoms with Gasteiger partial charge >= 0.3 is 6.03 Å². The molecule has 4 rings (SSSR count). The molecule has 4 N–H and O–H groups in total. The van der Waals surface area contributed by atoms with E-state index in [1.54, 1.807) is 20.2 Å². The Morgan fingerprint density at radius 1 is 1.19 bits per heavy atom. The number of nitrogens with zero attached hydrogens (tertiary/aromatic N) is 3. The lowest BCUT2D eigenvalue weighted by Crippen LogP contribution is -2.36. The van der Waals surface area contributed by atoms with Crippen LogP contribution < -0.4 is 10.0 Å². The summed E-state index contributed by atoms with van der Waals surface area (Å²) in [6.45, 7) is -0.410. The van der Waals surface area contributed by atoms with E-state index in [4.69, 9.17) is 5.11 Å². The quantitative estimate of drug-likeness (QED) is 0.468. The summed E-state index contributed by atoms with van der Waals surface area (Å²) < 4.78 is 4.21. The summed E-state index contributed by atoms with van der Waals surface area (Å²) in [5.41, 5.74) is 6.55. The van der Waals surface area contributed by atoms with Crippen LogP contribution in [-0.2, 0) is 32.7 Å². The van der Waals surface area contributed by atoms with E-state index in [2.05, 4.69) is 21.2 Å². The zero-order valence-corrected chi connectivity index (χ0v) is 19.2. The Labute approximate surface area is 191 Å². The van der Waals surface area contributed by atoms with E-state index < -0.39 is 12.7 Å². The molecule has 2 aliphatic rings. The van der Waals surface area contributed by atoms with Gasteiger partial charge in [-0.3, -0.25) is 14.2 Å². The minimum absolute atomic E-state index is 0.00929. The van der Waals surface area contributed by atoms with Crippen molar-refractivity contribution in [1.82, 2.24) is 19.4 Å². The molecule has 0 radical (unpaired) electrons. The van der Waals surface area contributed by atoms with Crippen molar-refractivity contribution in [2.45, 2.75) is 49.7 Å². The fourth-order valence-electron chi connectivity index (χ4n) is 4.55. The van der Waals surface area contributed by atoms with Crippen molar-refractivity contribution >= 4 is 29.6 Å². The van der Waals surface area contributed by atoms with Crippen molar-refractivity contribution in [2.24, 2.45) is 7.05 Å². The Morgan fingerprint density at radius 3 is 2.47 bits per heavy atom. The molecular formula is C22H29N5O4S. The summed E-state index contributed by atoms with van der Waals surface area (Å²) in [5.74, 6) is -0.334. The summed E-state index contributed by atoms with van der Waals surface area (Å²) in [6, 6.07) is 3.60. The minimum Gasteiger partial charge on any atom is -0.394 e. The average molecular weight is 460 g/mol. The lowest BCUT2D eigenvalue weighted by molar-refractivity contribution is 0.0513. The van der Waals surface area contributed by atoms with Gasteiger partial charge in [-0.25, -0.2) is 4.79 Å². The molecule has 172 valence electrons. The third-order valence-corrected chi connectivity index (χ3v) is 6.77. The zero-order valence-electron chi connectivity index (χ0n) is 18.3. The normalized spacial score (nSPS) is 15.2. The van der Waals surface area contributed by atoms with Crippen LogP contribution in [0.5, 0.6) is 0 Å². The highest BCUT2D eigenvalue weighted by molar-refractivity contribution is 7.97. The van der Waals surface area contributed by atoms with E-state index in [0.717, 1.165) is 56.2 Å². The number of benzene rings is 1. The fourth-order valence-corrected chi connectivity index (χ4v) is 5.13. The van der Waals surface area contributed by atoms with Gasteiger partial charge in [-0.05, 0) is 60.8 Å². The van der Waals surface area contributed by atoms with Crippen molar-refractivity contribution in [1.29, 1.82) is 0 Å². The third kappa shape index (κ3) is 4.62. The second-order valence-corrected chi connectivity index (χ2v) is 9.23. The second kappa shape index (κ2) is 9.51. The van der Waals surface area contributed by atoms with Gasteiger partial charge in [0, 0.05) is 44.3 Å². The topological polar surface area (TPSA) is 120 Å². The number of rotatable bonds is 7. The largest absolute Gasteiger partial charge is 0.394 e. The van der Waals surface area contributed by atoms with Gasteiger partial charge in [-0.1, -0.05) is 6.07 Å². The van der Waals surface area contributed by atoms with Crippen molar-refractivity contribution in [2.75, 3.05) is 25.5 Å². The second-order valence-electron chi connectivity index (χ2n) is 8.41. The summed E-state index contributed by atoms with van der Waals surface area (Å²) in [5, 5.41) is 26.4. The number of aliphatic hydroxyl groups is 2. The highest BCUT2D eigenvalue weighted by Gasteiger charge is 2.25. The molecular weight excluding hydrogens is 430 g/mol. The van der Waals surface area contributed by atoms with Gasteiger partial charge in [0.2, 0.25) is 0 Å². The van der Waals surface area contributed by atoms with Gasteiger partial charge in [0.05, 0.1) is 12.7 Å². The molecule has 0 spiro atoms. The van der Waals surface area contributed by atoms with E-state index >= 15 is 0 Å². The smallest absolute Gasteiger partial charge is 0.329 e. The molecule has 0 fully saturated rings. The average Bonchev–Trinajstić information content (AvgIpc) is 3.51. The first-order valence-corrected chi connectivity index (χ1v) is 11.7. The lowest BCUT2D eigenvalue weighted by atomic mass is 9.99. The number of aryl methyl sites for hydroxylation is 3. The summed E-state index contributed by atoms with van der Waals surface area (Å²) in [4.78, 5) is 26.6. The SMILES string of the molecule is CN(CC(O)CO)C(=O)c1cc(SNC(=O)Nc2c3c(cc4c2CCC4)CCC3)nn1C. The highest BCUT2D eigenvalue weighted by Crippen LogP contribution is 2.38. The molecule has 1 atom stereocenters. The van der Waals surface area contributed by atoms with Gasteiger partial charge in [0.25, 0.3) is 5.91 Å². The molecule has 32 heavy (non-hydrogen) atoms. The van der Waals surface area contributed by atoms with Crippen molar-refractivity contribution in [3.05, 3.63) is 40.1 Å². The number of hydrogen-bond acceptors (Lipinski definition) is 6. The Kier molecular flexibility index (Phi) is 6.73. The van der Waals surface area contributed by atoms with E-state index in [-0.39, 0.29) is 18.5 Å². The Hall–Kier alpha value is -2.56. The number of anilines is 1. The van der Waals surface area contributed by atoms with E-state index in [1.807, 2.05) is 0 Å². The molecule has 1 aromatic carbocycles. The first kappa shape index (κ1) is 22.6. The molecule has 0 bridgehead atoms. The maximum atomic E-state index is 12.7. The molecule has 1 unspecified atom stereocenters. The van der Waals surface area contributed by atoms with E-state index in [1.165, 1.54) is 31.8 Å². The number of aliphatic hydroxyl groups excluding tert-OH is 2. The molecule has 1 aromatic heterocycles. The molecule has 9 nitrogen and oxygen atoms in total. The van der Waals surface area contributed by atoms with Crippen LogP contribution in [0, 0.1) is 0 Å². The number of hydrogen-bond donors (Lipinski definition) is 4. The number of nitrogens with one attached hydrogen (secondary N) is 2. The number of amides is 3. The summed E-state index contributed by atoms with van der Waals surface area (Å²) in [6.07, 6.45) is 5.38. The number of carbonyl (C=O) groups excluding carboxylic acids is 2. The molecule has 3 amide bonds. The predicted octanol–water partition coefficient (Wildman–Crippen LogP) is 1.65. The zero-order chi connectivity index (χ0) is 22.8. The number of aromatic nitrogens is 2. The van der Waals surface area contributed by atoms with Crippen LogP contribution in [0.4, 0.5) is 10.5 Å². The van der Waals surface area contributed by atoms with Crippen LogP contribution in [0.15, 0.2) is 17.2 Å². The van der Waals surface area contributed by atoms with Crippen LogP contribution in [0.2, 0.25) is 0 Å². The van der Waals surface area contributed by atoms with E-state index in [0.29, 0.717) is 10.7 Å². The summed E-state index contributed by atoms with van der Waals surface area (Å²) >= 11 is 1.04. The van der Waals surface area contributed by atoms with E-state index in [9.17, 15) is 14.7 Å². The van der Waals surface area contributed by atoms with Crippen molar-refractivity contribution in [3.63, 3.8) is 0 Å². The molecule has 0 saturated carbocycles. The van der Waals surface area contributed by atoms with Crippen LogP contribution in [0.25, 0.3) is 0 Å². The molecule has 2 aliphatic carbocycles. The maximum absolute atomic E-state index is 12.7. The van der Waals surface area contributed by atoms with Gasteiger partial charge in [-0.2, -0.15) is 5.10 Å². The van der Waals surface area contributed by atoms with Crippen LogP contribution >= 0.6 is 11.9 Å². The lowest BCUT2D eigenvalue weighted by Gasteiger charge is -2.19. The molecule has 0 aliphatic heterocycles. The summed E-state index contributed by atoms with van der Waals surface area (Å²) in [7, 11) is 3.19. The third-order valence-electron chi connectivity index (χ3n) is 6.08. The first-order valence-electron chi connectivity index (χ1n) is 10.9. The molecule has 1 heterocycles. The van der Waals surface area contributed by atoms with Gasteiger partial charge in [-0.15, -0.1) is 0 Å². The Morgan fingerprint density at radius 2 is 1.84 bits per heavy atom. The molecule has 2 aromatic rings. The van der Waals surface area contributed by atoms with Crippen molar-refractivity contribution < 1.29 is 19.8 Å². The number of carbonyl (C=O) groups is 2. The highest BCUT2D eigenvalue weighted by atomic mass is 32.2. The number of fused-ring (bicyclic) bond motifs is 2. The van der Waals surface area contributed by atoms with Gasteiger partial charge in [0.1, 0.15) is 10.7 Å². The Bertz CT molecular complexity index is 1010. The van der Waals surface area contributed by atoms with Crippen LogP contribution in [0.3, 0.4) is 0 Å². The maximum Gasteiger partial charge on any atom is 0.329 e. The Balaban J connectivity index is 1.40. The van der Waals surface area contributed by atoms with Crippen LogP contribution in [-0.4, -0.2) is 63.1 Å². The number of likely N-dealkylation sites (N-methyl/N-ethyl adjacent to an activating group) is 1. The van der Waals surface area contributed by atoms with Gasteiger partial charge in [0.15, 0.2) is 0 Å². The van der Waals surface area contributed by atoms with Gasteiger partial charge < -0.3 is 20.4 Å². The minimum atomic E-state index is -1.00. The molecule has 0 saturated heterocycles. The fraction of sp³-hybridized carbons (Fsp3) is 0.500. The standard InChI is InChI=1S/C22H29N5O4S/c1-26(11-15(29)12-28)21(30)18-10-19(24-27(18)2)32-25-22(31)23-20-16-7-3-5-13(16)9-14-6-4-8-17(14)20/h9-10,15,28-29H,3-8,11-12H2,1-2H3,(H2,23,25,31). The van der Waals surface area contributed by atoms with Crippen LogP contribution in [0.1, 0.15) is 45.6 Å². The monoisotopic (exact) mass is 459 g/mol. The van der Waals surface area contributed by atoms with Crippen molar-refractivity contribution in [3.8, 4) is 0 Å². The molecule has 10 heteroatoms. The number of urea groups is 1.